The van der Waals surface area contributed by atoms with Crippen LogP contribution in [0, 0.1) is 12.8 Å². The summed E-state index contributed by atoms with van der Waals surface area (Å²) in [5.41, 5.74) is 2.42. The highest BCUT2D eigenvalue weighted by molar-refractivity contribution is 5.18. The lowest BCUT2D eigenvalue weighted by atomic mass is 9.93. The zero-order valence-corrected chi connectivity index (χ0v) is 10.8. The third-order valence-electron chi connectivity index (χ3n) is 3.86. The molecule has 0 aromatic carbocycles. The van der Waals surface area contributed by atoms with Crippen molar-refractivity contribution in [1.29, 1.82) is 0 Å². The van der Waals surface area contributed by atoms with E-state index in [9.17, 15) is 5.11 Å². The summed E-state index contributed by atoms with van der Waals surface area (Å²) in [4.78, 5) is 6.80. The molecule has 2 atom stereocenters. The van der Waals surface area contributed by atoms with Crippen molar-refractivity contribution < 1.29 is 5.11 Å². The maximum atomic E-state index is 9.28. The number of likely N-dealkylation sites (tertiary alicyclic amines) is 1. The number of aromatic nitrogens is 1. The molecule has 1 fully saturated rings. The standard InChI is InChI=1S/C14H22N2O/c1-11-5-6-13(10-17)8-16(11)9-14-4-3-7-15-12(14)2/h3-4,7,11,13,17H,5-6,8-10H2,1-2H3. The summed E-state index contributed by atoms with van der Waals surface area (Å²) in [6.07, 6.45) is 4.18. The summed E-state index contributed by atoms with van der Waals surface area (Å²) in [5.74, 6) is 0.447. The van der Waals surface area contributed by atoms with E-state index >= 15 is 0 Å². The smallest absolute Gasteiger partial charge is 0.0471 e. The van der Waals surface area contributed by atoms with Gasteiger partial charge in [-0.25, -0.2) is 0 Å². The predicted molar refractivity (Wildman–Crippen MR) is 68.7 cm³/mol. The Morgan fingerprint density at radius 2 is 2.29 bits per heavy atom. The molecule has 0 aliphatic carbocycles. The molecule has 1 aromatic heterocycles. The van der Waals surface area contributed by atoms with Gasteiger partial charge in [0.05, 0.1) is 0 Å². The first-order chi connectivity index (χ1) is 8.20. The van der Waals surface area contributed by atoms with Crippen LogP contribution in [-0.2, 0) is 6.54 Å². The van der Waals surface area contributed by atoms with Gasteiger partial charge in [-0.05, 0) is 44.2 Å². The molecule has 2 rings (SSSR count). The second kappa shape index (κ2) is 5.61. The van der Waals surface area contributed by atoms with Crippen molar-refractivity contribution in [3.05, 3.63) is 29.6 Å². The number of hydrogen-bond donors (Lipinski definition) is 1. The molecule has 1 aliphatic rings. The Morgan fingerprint density at radius 1 is 1.47 bits per heavy atom. The monoisotopic (exact) mass is 234 g/mol. The van der Waals surface area contributed by atoms with Crippen LogP contribution in [0.5, 0.6) is 0 Å². The molecule has 0 amide bonds. The molecule has 2 heterocycles. The Hall–Kier alpha value is -0.930. The molecule has 17 heavy (non-hydrogen) atoms. The fraction of sp³-hybridized carbons (Fsp3) is 0.643. The molecule has 0 radical (unpaired) electrons. The molecule has 1 N–H and O–H groups in total. The molecule has 94 valence electrons. The van der Waals surface area contributed by atoms with Crippen LogP contribution < -0.4 is 0 Å². The van der Waals surface area contributed by atoms with E-state index in [1.54, 1.807) is 0 Å². The van der Waals surface area contributed by atoms with Crippen LogP contribution in [0.15, 0.2) is 18.3 Å². The second-order valence-corrected chi connectivity index (χ2v) is 5.15. The topological polar surface area (TPSA) is 36.4 Å². The van der Waals surface area contributed by atoms with Gasteiger partial charge in [0.25, 0.3) is 0 Å². The molecule has 0 spiro atoms. The first-order valence-electron chi connectivity index (χ1n) is 6.46. The number of aryl methyl sites for hydroxylation is 1. The van der Waals surface area contributed by atoms with Crippen molar-refractivity contribution in [2.24, 2.45) is 5.92 Å². The molecule has 3 nitrogen and oxygen atoms in total. The van der Waals surface area contributed by atoms with Crippen LogP contribution in [-0.4, -0.2) is 34.2 Å². The summed E-state index contributed by atoms with van der Waals surface area (Å²) in [7, 11) is 0. The van der Waals surface area contributed by atoms with E-state index in [1.807, 2.05) is 12.3 Å². The molecule has 0 saturated carbocycles. The van der Waals surface area contributed by atoms with Crippen molar-refractivity contribution in [2.45, 2.75) is 39.3 Å². The minimum atomic E-state index is 0.315. The largest absolute Gasteiger partial charge is 0.396 e. The Bertz CT molecular complexity index is 367. The van der Waals surface area contributed by atoms with Crippen LogP contribution in [0.25, 0.3) is 0 Å². The highest BCUT2D eigenvalue weighted by Gasteiger charge is 2.25. The number of pyridine rings is 1. The summed E-state index contributed by atoms with van der Waals surface area (Å²) >= 11 is 0. The summed E-state index contributed by atoms with van der Waals surface area (Å²) in [6.45, 7) is 6.62. The number of aliphatic hydroxyl groups excluding tert-OH is 1. The third kappa shape index (κ3) is 3.05. The number of rotatable bonds is 3. The number of nitrogens with zero attached hydrogens (tertiary/aromatic N) is 2. The average molecular weight is 234 g/mol. The van der Waals surface area contributed by atoms with E-state index < -0.39 is 0 Å². The van der Waals surface area contributed by atoms with Gasteiger partial charge in [-0.2, -0.15) is 0 Å². The molecule has 3 heteroatoms. The molecule has 1 aromatic rings. The van der Waals surface area contributed by atoms with Crippen molar-refractivity contribution in [3.63, 3.8) is 0 Å². The maximum Gasteiger partial charge on any atom is 0.0471 e. The molecule has 2 unspecified atom stereocenters. The first kappa shape index (κ1) is 12.5. The fourth-order valence-electron chi connectivity index (χ4n) is 2.54. The summed E-state index contributed by atoms with van der Waals surface area (Å²) in [5, 5.41) is 9.28. The number of piperidine rings is 1. The highest BCUT2D eigenvalue weighted by Crippen LogP contribution is 2.23. The normalized spacial score (nSPS) is 26.1. The van der Waals surface area contributed by atoms with Gasteiger partial charge in [0.1, 0.15) is 0 Å². The lowest BCUT2D eigenvalue weighted by Crippen LogP contribution is -2.42. The van der Waals surface area contributed by atoms with E-state index in [0.29, 0.717) is 18.6 Å². The van der Waals surface area contributed by atoms with Gasteiger partial charge in [-0.3, -0.25) is 9.88 Å². The molecule has 1 saturated heterocycles. The Balaban J connectivity index is 2.04. The van der Waals surface area contributed by atoms with Gasteiger partial charge in [0, 0.05) is 37.6 Å². The van der Waals surface area contributed by atoms with E-state index in [0.717, 1.165) is 25.2 Å². The summed E-state index contributed by atoms with van der Waals surface area (Å²) < 4.78 is 0. The van der Waals surface area contributed by atoms with Crippen LogP contribution in [0.3, 0.4) is 0 Å². The van der Waals surface area contributed by atoms with Crippen LogP contribution in [0.4, 0.5) is 0 Å². The second-order valence-electron chi connectivity index (χ2n) is 5.15. The van der Waals surface area contributed by atoms with Gasteiger partial charge in [0.15, 0.2) is 0 Å². The lowest BCUT2D eigenvalue weighted by Gasteiger charge is -2.37. The SMILES string of the molecule is Cc1ncccc1CN1CC(CO)CCC1C. The van der Waals surface area contributed by atoms with E-state index in [1.165, 1.54) is 12.0 Å². The molecule has 0 bridgehead atoms. The first-order valence-corrected chi connectivity index (χ1v) is 6.46. The van der Waals surface area contributed by atoms with Crippen molar-refractivity contribution in [3.8, 4) is 0 Å². The Morgan fingerprint density at radius 3 is 3.00 bits per heavy atom. The van der Waals surface area contributed by atoms with E-state index in [2.05, 4.69) is 29.8 Å². The van der Waals surface area contributed by atoms with Gasteiger partial charge >= 0.3 is 0 Å². The minimum Gasteiger partial charge on any atom is -0.396 e. The minimum absolute atomic E-state index is 0.315. The predicted octanol–water partition coefficient (Wildman–Crippen LogP) is 1.98. The van der Waals surface area contributed by atoms with Crippen LogP contribution in [0.1, 0.15) is 31.0 Å². The quantitative estimate of drug-likeness (QED) is 0.869. The van der Waals surface area contributed by atoms with Crippen LogP contribution >= 0.6 is 0 Å². The van der Waals surface area contributed by atoms with Crippen LogP contribution in [0.2, 0.25) is 0 Å². The fourth-order valence-corrected chi connectivity index (χ4v) is 2.54. The molecular formula is C14H22N2O. The Labute approximate surface area is 103 Å². The van der Waals surface area contributed by atoms with E-state index in [-0.39, 0.29) is 0 Å². The number of aliphatic hydroxyl groups is 1. The van der Waals surface area contributed by atoms with Gasteiger partial charge < -0.3 is 5.11 Å². The van der Waals surface area contributed by atoms with Gasteiger partial charge in [-0.1, -0.05) is 6.07 Å². The molecular weight excluding hydrogens is 212 g/mol. The lowest BCUT2D eigenvalue weighted by molar-refractivity contribution is 0.0769. The zero-order chi connectivity index (χ0) is 12.3. The summed E-state index contributed by atoms with van der Waals surface area (Å²) in [6, 6.07) is 4.76. The van der Waals surface area contributed by atoms with Gasteiger partial charge in [-0.15, -0.1) is 0 Å². The Kier molecular flexibility index (Phi) is 4.13. The molecule has 1 aliphatic heterocycles. The average Bonchev–Trinajstić information content (AvgIpc) is 2.35. The maximum absolute atomic E-state index is 9.28. The highest BCUT2D eigenvalue weighted by atomic mass is 16.3. The van der Waals surface area contributed by atoms with Gasteiger partial charge in [0.2, 0.25) is 0 Å². The number of hydrogen-bond acceptors (Lipinski definition) is 3. The third-order valence-corrected chi connectivity index (χ3v) is 3.86. The van der Waals surface area contributed by atoms with Crippen molar-refractivity contribution in [1.82, 2.24) is 9.88 Å². The van der Waals surface area contributed by atoms with E-state index in [4.69, 9.17) is 0 Å². The zero-order valence-electron chi connectivity index (χ0n) is 10.8. The van der Waals surface area contributed by atoms with Crippen molar-refractivity contribution in [2.75, 3.05) is 13.2 Å². The van der Waals surface area contributed by atoms with Crippen molar-refractivity contribution >= 4 is 0 Å².